The summed E-state index contributed by atoms with van der Waals surface area (Å²) in [5.41, 5.74) is 1.33. The lowest BCUT2D eigenvalue weighted by Crippen LogP contribution is -2.21. The van der Waals surface area contributed by atoms with Crippen LogP contribution in [-0.4, -0.2) is 15.3 Å². The first-order valence-electron chi connectivity index (χ1n) is 7.05. The molecule has 0 unspecified atom stereocenters. The zero-order valence-electron chi connectivity index (χ0n) is 12.2. The third-order valence-corrected chi connectivity index (χ3v) is 4.73. The van der Waals surface area contributed by atoms with Gasteiger partial charge in [0.05, 0.1) is 22.7 Å². The molecule has 6 heteroatoms. The summed E-state index contributed by atoms with van der Waals surface area (Å²) in [7, 11) is 0. The van der Waals surface area contributed by atoms with Crippen LogP contribution in [0.1, 0.15) is 6.42 Å². The molecule has 1 heterocycles. The molecular weight excluding hydrogens is 326 g/mol. The van der Waals surface area contributed by atoms with E-state index in [-0.39, 0.29) is 5.56 Å². The average Bonchev–Trinajstić information content (AvgIpc) is 2.56. The SMILES string of the molecule is N#CCCSc1ccccc1-n1c(=S)[nH]c2ccccc2c1=O. The van der Waals surface area contributed by atoms with E-state index in [1.807, 2.05) is 42.5 Å². The van der Waals surface area contributed by atoms with Gasteiger partial charge in [0.25, 0.3) is 5.56 Å². The van der Waals surface area contributed by atoms with Gasteiger partial charge in [-0.15, -0.1) is 11.8 Å². The van der Waals surface area contributed by atoms with Crippen molar-refractivity contribution in [3.8, 4) is 11.8 Å². The standard InChI is InChI=1S/C17H13N3OS2/c18-10-5-11-23-15-9-4-3-8-14(15)20-16(21)12-6-1-2-7-13(12)19-17(20)22/h1-4,6-9H,5,11H2,(H,19,22). The van der Waals surface area contributed by atoms with Crippen LogP contribution in [-0.2, 0) is 0 Å². The molecule has 3 aromatic rings. The van der Waals surface area contributed by atoms with Gasteiger partial charge in [0, 0.05) is 17.1 Å². The number of hydrogen-bond acceptors (Lipinski definition) is 4. The van der Waals surface area contributed by atoms with E-state index in [0.717, 1.165) is 16.1 Å². The Morgan fingerprint density at radius 2 is 1.91 bits per heavy atom. The Hall–Kier alpha value is -2.36. The maximum atomic E-state index is 12.8. The summed E-state index contributed by atoms with van der Waals surface area (Å²) < 4.78 is 1.88. The molecule has 0 radical (unpaired) electrons. The number of aromatic nitrogens is 2. The van der Waals surface area contributed by atoms with Crippen molar-refractivity contribution in [2.45, 2.75) is 11.3 Å². The molecule has 0 aliphatic rings. The number of thioether (sulfide) groups is 1. The molecule has 4 nitrogen and oxygen atoms in total. The van der Waals surface area contributed by atoms with Gasteiger partial charge in [-0.2, -0.15) is 5.26 Å². The van der Waals surface area contributed by atoms with Gasteiger partial charge in [0.2, 0.25) is 0 Å². The predicted molar refractivity (Wildman–Crippen MR) is 95.7 cm³/mol. The predicted octanol–water partition coefficient (Wildman–Crippen LogP) is 4.05. The molecule has 23 heavy (non-hydrogen) atoms. The molecule has 0 saturated heterocycles. The van der Waals surface area contributed by atoms with Gasteiger partial charge < -0.3 is 4.98 Å². The third-order valence-electron chi connectivity index (χ3n) is 3.38. The second kappa shape index (κ2) is 6.82. The fraction of sp³-hybridized carbons (Fsp3) is 0.118. The Morgan fingerprint density at radius 3 is 2.74 bits per heavy atom. The van der Waals surface area contributed by atoms with E-state index in [0.29, 0.717) is 22.3 Å². The number of H-pyrrole nitrogens is 1. The number of para-hydroxylation sites is 2. The van der Waals surface area contributed by atoms with E-state index >= 15 is 0 Å². The molecule has 3 rings (SSSR count). The van der Waals surface area contributed by atoms with Crippen LogP contribution in [0.3, 0.4) is 0 Å². The first-order chi connectivity index (χ1) is 11.2. The van der Waals surface area contributed by atoms with Crippen LogP contribution in [0, 0.1) is 16.1 Å². The Bertz CT molecular complexity index is 1010. The minimum Gasteiger partial charge on any atom is -0.331 e. The zero-order chi connectivity index (χ0) is 16.2. The minimum absolute atomic E-state index is 0.141. The highest BCUT2D eigenvalue weighted by atomic mass is 32.2. The molecule has 1 aromatic heterocycles. The Balaban J connectivity index is 2.20. The highest BCUT2D eigenvalue weighted by Gasteiger charge is 2.11. The molecule has 0 aliphatic heterocycles. The lowest BCUT2D eigenvalue weighted by molar-refractivity contribution is 0.919. The van der Waals surface area contributed by atoms with Crippen molar-refractivity contribution in [3.63, 3.8) is 0 Å². The van der Waals surface area contributed by atoms with Crippen LogP contribution < -0.4 is 5.56 Å². The largest absolute Gasteiger partial charge is 0.331 e. The van der Waals surface area contributed by atoms with E-state index in [1.165, 1.54) is 4.57 Å². The van der Waals surface area contributed by atoms with E-state index in [1.54, 1.807) is 17.8 Å². The van der Waals surface area contributed by atoms with Gasteiger partial charge in [0.1, 0.15) is 0 Å². The summed E-state index contributed by atoms with van der Waals surface area (Å²) in [5.74, 6) is 0.673. The molecule has 0 spiro atoms. The van der Waals surface area contributed by atoms with Crippen LogP contribution in [0.5, 0.6) is 0 Å². The van der Waals surface area contributed by atoms with E-state index in [9.17, 15) is 4.79 Å². The maximum Gasteiger partial charge on any atom is 0.266 e. The molecule has 0 atom stereocenters. The first kappa shape index (κ1) is 15.5. The van der Waals surface area contributed by atoms with Gasteiger partial charge in [-0.25, -0.2) is 0 Å². The number of nitriles is 1. The highest BCUT2D eigenvalue weighted by molar-refractivity contribution is 7.99. The average molecular weight is 339 g/mol. The monoisotopic (exact) mass is 339 g/mol. The summed E-state index contributed by atoms with van der Waals surface area (Å²) in [6, 6.07) is 17.0. The highest BCUT2D eigenvalue weighted by Crippen LogP contribution is 2.26. The molecule has 2 aromatic carbocycles. The molecule has 114 valence electrons. The first-order valence-corrected chi connectivity index (χ1v) is 8.45. The lowest BCUT2D eigenvalue weighted by atomic mass is 10.2. The van der Waals surface area contributed by atoms with Gasteiger partial charge in [0.15, 0.2) is 4.77 Å². The maximum absolute atomic E-state index is 12.8. The van der Waals surface area contributed by atoms with Gasteiger partial charge in [-0.3, -0.25) is 9.36 Å². The van der Waals surface area contributed by atoms with Crippen molar-refractivity contribution in [1.29, 1.82) is 5.26 Å². The Labute approximate surface area is 142 Å². The summed E-state index contributed by atoms with van der Waals surface area (Å²) >= 11 is 6.94. The summed E-state index contributed by atoms with van der Waals surface area (Å²) in [6.07, 6.45) is 0.457. The second-order valence-corrected chi connectivity index (χ2v) is 6.36. The molecule has 0 amide bonds. The summed E-state index contributed by atoms with van der Waals surface area (Å²) in [5, 5.41) is 9.29. The molecule has 0 bridgehead atoms. The van der Waals surface area contributed by atoms with Crippen LogP contribution in [0.2, 0.25) is 0 Å². The Morgan fingerprint density at radius 1 is 1.17 bits per heavy atom. The number of fused-ring (bicyclic) bond motifs is 1. The minimum atomic E-state index is -0.141. The smallest absolute Gasteiger partial charge is 0.266 e. The van der Waals surface area contributed by atoms with E-state index in [2.05, 4.69) is 11.1 Å². The number of nitrogens with zero attached hydrogens (tertiary/aromatic N) is 2. The van der Waals surface area contributed by atoms with Crippen molar-refractivity contribution in [2.75, 3.05) is 5.75 Å². The topological polar surface area (TPSA) is 61.6 Å². The van der Waals surface area contributed by atoms with Gasteiger partial charge in [-0.1, -0.05) is 24.3 Å². The number of hydrogen-bond donors (Lipinski definition) is 1. The quantitative estimate of drug-likeness (QED) is 0.442. The van der Waals surface area contributed by atoms with Crippen LogP contribution >= 0.6 is 24.0 Å². The molecule has 0 aliphatic carbocycles. The summed E-state index contributed by atoms with van der Waals surface area (Å²) in [4.78, 5) is 16.9. The second-order valence-electron chi connectivity index (χ2n) is 4.84. The fourth-order valence-corrected chi connectivity index (χ4v) is 3.54. The number of rotatable bonds is 4. The molecule has 1 N–H and O–H groups in total. The fourth-order valence-electron chi connectivity index (χ4n) is 2.35. The van der Waals surface area contributed by atoms with E-state index in [4.69, 9.17) is 17.5 Å². The van der Waals surface area contributed by atoms with Crippen molar-refractivity contribution < 1.29 is 0 Å². The third kappa shape index (κ3) is 3.07. The molecule has 0 saturated carbocycles. The van der Waals surface area contributed by atoms with Gasteiger partial charge >= 0.3 is 0 Å². The Kier molecular flexibility index (Phi) is 4.60. The lowest BCUT2D eigenvalue weighted by Gasteiger charge is -2.12. The number of benzene rings is 2. The van der Waals surface area contributed by atoms with Crippen molar-refractivity contribution in [2.24, 2.45) is 0 Å². The van der Waals surface area contributed by atoms with Crippen LogP contribution in [0.25, 0.3) is 16.6 Å². The molecular formula is C17H13N3OS2. The van der Waals surface area contributed by atoms with Crippen LogP contribution in [0.4, 0.5) is 0 Å². The van der Waals surface area contributed by atoms with Gasteiger partial charge in [-0.05, 0) is 36.5 Å². The summed E-state index contributed by atoms with van der Waals surface area (Å²) in [6.45, 7) is 0. The van der Waals surface area contributed by atoms with Crippen LogP contribution in [0.15, 0.2) is 58.2 Å². The number of nitrogens with one attached hydrogen (secondary N) is 1. The number of aromatic amines is 1. The van der Waals surface area contributed by atoms with E-state index < -0.39 is 0 Å². The molecule has 0 fully saturated rings. The van der Waals surface area contributed by atoms with Crippen molar-refractivity contribution in [1.82, 2.24) is 9.55 Å². The zero-order valence-corrected chi connectivity index (χ0v) is 13.8. The van der Waals surface area contributed by atoms with Crippen molar-refractivity contribution in [3.05, 3.63) is 63.7 Å². The normalized spacial score (nSPS) is 10.6. The van der Waals surface area contributed by atoms with Crippen molar-refractivity contribution >= 4 is 34.9 Å².